The molecule has 1 fully saturated rings. The fourth-order valence-corrected chi connectivity index (χ4v) is 4.12. The van der Waals surface area contributed by atoms with E-state index in [1.807, 2.05) is 24.3 Å². The molecule has 0 aromatic heterocycles. The van der Waals surface area contributed by atoms with Gasteiger partial charge in [0.25, 0.3) is 0 Å². The minimum Gasteiger partial charge on any atom is -0.392 e. The minimum atomic E-state index is -0.465. The number of nitrogens with one attached hydrogen (secondary N) is 3. The van der Waals surface area contributed by atoms with Gasteiger partial charge in [-0.1, -0.05) is 30.8 Å². The van der Waals surface area contributed by atoms with Gasteiger partial charge >= 0.3 is 0 Å². The molecule has 0 radical (unpaired) electrons. The van der Waals surface area contributed by atoms with Gasteiger partial charge in [-0.3, -0.25) is 4.90 Å². The highest BCUT2D eigenvalue weighted by atomic mass is 35.5. The molecular formula is C23H38ClN5O. The van der Waals surface area contributed by atoms with Crippen LogP contribution in [0.15, 0.2) is 48.9 Å². The molecule has 1 unspecified atom stereocenters. The first kappa shape index (κ1) is 24.5. The second-order valence-corrected chi connectivity index (χ2v) is 9.13. The summed E-state index contributed by atoms with van der Waals surface area (Å²) in [6, 6.07) is 8.24. The first-order valence-corrected chi connectivity index (χ1v) is 11.1. The lowest BCUT2D eigenvalue weighted by molar-refractivity contribution is 0.0451. The molecule has 1 heterocycles. The van der Waals surface area contributed by atoms with E-state index in [1.54, 1.807) is 6.20 Å². The number of aliphatic hydroxyl groups excluding tert-OH is 1. The maximum Gasteiger partial charge on any atom is 0.0939 e. The van der Waals surface area contributed by atoms with Crippen LogP contribution >= 0.6 is 11.6 Å². The van der Waals surface area contributed by atoms with Crippen LogP contribution in [0.2, 0.25) is 0 Å². The van der Waals surface area contributed by atoms with Crippen molar-refractivity contribution in [3.05, 3.63) is 60.1 Å². The van der Waals surface area contributed by atoms with Gasteiger partial charge in [-0.15, -0.1) is 11.6 Å². The molecule has 1 aliphatic rings. The molecule has 2 rings (SSSR count). The summed E-state index contributed by atoms with van der Waals surface area (Å²) in [5.41, 5.74) is 7.94. The summed E-state index contributed by atoms with van der Waals surface area (Å²) in [6.07, 6.45) is 3.78. The first-order chi connectivity index (χ1) is 14.3. The third-order valence-corrected chi connectivity index (χ3v) is 6.25. The van der Waals surface area contributed by atoms with Gasteiger partial charge in [0.05, 0.1) is 18.0 Å². The van der Waals surface area contributed by atoms with Crippen molar-refractivity contribution < 1.29 is 5.11 Å². The van der Waals surface area contributed by atoms with E-state index in [4.69, 9.17) is 17.3 Å². The number of benzene rings is 1. The number of rotatable bonds is 13. The first-order valence-electron chi connectivity index (χ1n) is 10.6. The molecule has 1 aromatic carbocycles. The topological polar surface area (TPSA) is 85.6 Å². The molecule has 6 nitrogen and oxygen atoms in total. The Balaban J connectivity index is 2.39. The summed E-state index contributed by atoms with van der Waals surface area (Å²) in [5.74, 6) is 1.02. The Kier molecular flexibility index (Phi) is 9.04. The van der Waals surface area contributed by atoms with Crippen LogP contribution in [0.5, 0.6) is 0 Å². The summed E-state index contributed by atoms with van der Waals surface area (Å²) < 4.78 is 0. The molecule has 0 amide bonds. The number of halogens is 1. The molecule has 1 atom stereocenters. The lowest BCUT2D eigenvalue weighted by atomic mass is 9.79. The van der Waals surface area contributed by atoms with Crippen LogP contribution < -0.4 is 21.7 Å². The van der Waals surface area contributed by atoms with Crippen molar-refractivity contribution in [2.24, 2.45) is 11.1 Å². The van der Waals surface area contributed by atoms with Crippen LogP contribution in [-0.2, 0) is 13.2 Å². The van der Waals surface area contributed by atoms with Crippen molar-refractivity contribution in [2.45, 2.75) is 45.5 Å². The maximum absolute atomic E-state index is 9.82. The van der Waals surface area contributed by atoms with Crippen molar-refractivity contribution in [3.8, 4) is 0 Å². The number of aliphatic hydroxyl groups is 1. The fraction of sp³-hybridized carbons (Fsp3) is 0.565. The van der Waals surface area contributed by atoms with E-state index in [-0.39, 0.29) is 18.1 Å². The molecule has 6 N–H and O–H groups in total. The number of nitrogens with two attached hydrogens (primary N) is 1. The summed E-state index contributed by atoms with van der Waals surface area (Å²) in [5, 5.41) is 19.8. The standard InChI is InChI=1S/C23H38ClN5O/c1-5-26-14-23(15-27-16-23)17-29(11-19-8-6-7-9-20(19)12-30)22(4,13-24)10-21(25)28-18(2)3/h5-10,18,26-28,30H,1,11-17,25H2,2-4H3/b21-10+. The van der Waals surface area contributed by atoms with Gasteiger partial charge in [-0.2, -0.15) is 0 Å². The molecule has 1 saturated heterocycles. The number of hydrogen-bond acceptors (Lipinski definition) is 6. The highest BCUT2D eigenvalue weighted by Crippen LogP contribution is 2.31. The Bertz CT molecular complexity index is 719. The van der Waals surface area contributed by atoms with Crippen molar-refractivity contribution >= 4 is 11.6 Å². The van der Waals surface area contributed by atoms with E-state index in [2.05, 4.69) is 54.3 Å². The van der Waals surface area contributed by atoms with Crippen LogP contribution in [0.4, 0.5) is 0 Å². The Hall–Kier alpha value is -1.73. The van der Waals surface area contributed by atoms with E-state index >= 15 is 0 Å². The molecule has 0 spiro atoms. The zero-order valence-electron chi connectivity index (χ0n) is 18.5. The summed E-state index contributed by atoms with van der Waals surface area (Å²) in [4.78, 5) is 2.38. The van der Waals surface area contributed by atoms with Gasteiger partial charge in [0, 0.05) is 50.1 Å². The Labute approximate surface area is 186 Å². The van der Waals surface area contributed by atoms with Crippen molar-refractivity contribution in [1.82, 2.24) is 20.9 Å². The van der Waals surface area contributed by atoms with Gasteiger partial charge in [0.2, 0.25) is 0 Å². The molecule has 168 valence electrons. The lowest BCUT2D eigenvalue weighted by Crippen LogP contribution is -2.65. The summed E-state index contributed by atoms with van der Waals surface area (Å²) >= 11 is 6.55. The lowest BCUT2D eigenvalue weighted by Gasteiger charge is -2.50. The van der Waals surface area contributed by atoms with E-state index in [0.29, 0.717) is 18.2 Å². The van der Waals surface area contributed by atoms with Crippen molar-refractivity contribution in [3.63, 3.8) is 0 Å². The Morgan fingerprint density at radius 3 is 2.57 bits per heavy atom. The Morgan fingerprint density at radius 1 is 1.40 bits per heavy atom. The highest BCUT2D eigenvalue weighted by Gasteiger charge is 2.42. The average Bonchev–Trinajstić information content (AvgIpc) is 2.68. The highest BCUT2D eigenvalue weighted by molar-refractivity contribution is 6.18. The molecule has 0 bridgehead atoms. The van der Waals surface area contributed by atoms with E-state index in [1.165, 1.54) is 0 Å². The quantitative estimate of drug-likeness (QED) is 0.305. The van der Waals surface area contributed by atoms with Gasteiger partial charge < -0.3 is 26.8 Å². The van der Waals surface area contributed by atoms with E-state index in [0.717, 1.165) is 37.3 Å². The van der Waals surface area contributed by atoms with Crippen molar-refractivity contribution in [1.29, 1.82) is 0 Å². The third-order valence-electron chi connectivity index (χ3n) is 5.71. The SMILES string of the molecule is C=CNCC1(CN(Cc2ccccc2CO)C(C)(/C=C(\N)NC(C)C)CCl)CNC1. The average molecular weight is 436 g/mol. The van der Waals surface area contributed by atoms with Crippen LogP contribution in [0.25, 0.3) is 0 Å². The van der Waals surface area contributed by atoms with E-state index < -0.39 is 5.54 Å². The van der Waals surface area contributed by atoms with Crippen LogP contribution in [0.1, 0.15) is 31.9 Å². The predicted molar refractivity (Wildman–Crippen MR) is 126 cm³/mol. The molecule has 0 aliphatic carbocycles. The van der Waals surface area contributed by atoms with Crippen molar-refractivity contribution in [2.75, 3.05) is 32.1 Å². The fourth-order valence-electron chi connectivity index (χ4n) is 3.88. The monoisotopic (exact) mass is 435 g/mol. The minimum absolute atomic E-state index is 0.0131. The van der Waals surface area contributed by atoms with Crippen LogP contribution in [-0.4, -0.2) is 53.6 Å². The smallest absolute Gasteiger partial charge is 0.0939 e. The normalized spacial score (nSPS) is 18.0. The Morgan fingerprint density at radius 2 is 2.07 bits per heavy atom. The van der Waals surface area contributed by atoms with Gasteiger partial charge in [-0.25, -0.2) is 0 Å². The number of nitrogens with zero attached hydrogens (tertiary/aromatic N) is 1. The molecule has 30 heavy (non-hydrogen) atoms. The molecule has 1 aromatic rings. The van der Waals surface area contributed by atoms with Gasteiger partial charge in [0.15, 0.2) is 0 Å². The zero-order chi connectivity index (χ0) is 22.2. The molecule has 0 saturated carbocycles. The largest absolute Gasteiger partial charge is 0.392 e. The van der Waals surface area contributed by atoms with E-state index in [9.17, 15) is 5.11 Å². The molecule has 7 heteroatoms. The molecule has 1 aliphatic heterocycles. The maximum atomic E-state index is 9.82. The van der Waals surface area contributed by atoms with Crippen LogP contribution in [0, 0.1) is 5.41 Å². The molecular weight excluding hydrogens is 398 g/mol. The predicted octanol–water partition coefficient (Wildman–Crippen LogP) is 2.10. The number of alkyl halides is 1. The second-order valence-electron chi connectivity index (χ2n) is 8.86. The van der Waals surface area contributed by atoms with Gasteiger partial charge in [-0.05, 0) is 44.2 Å². The van der Waals surface area contributed by atoms with Gasteiger partial charge in [0.1, 0.15) is 0 Å². The number of hydrogen-bond donors (Lipinski definition) is 5. The van der Waals surface area contributed by atoms with Crippen LogP contribution in [0.3, 0.4) is 0 Å². The third kappa shape index (κ3) is 6.38. The zero-order valence-corrected chi connectivity index (χ0v) is 19.3. The summed E-state index contributed by atoms with van der Waals surface area (Å²) in [7, 11) is 0. The second kappa shape index (κ2) is 11.0. The summed E-state index contributed by atoms with van der Waals surface area (Å²) in [6.45, 7) is 14.2.